The average molecular weight is 446 g/mol. The Labute approximate surface area is 190 Å². The molecule has 162 valence electrons. The van der Waals surface area contributed by atoms with Crippen molar-refractivity contribution in [3.05, 3.63) is 65.3 Å². The van der Waals surface area contributed by atoms with Crippen LogP contribution in [0.4, 0.5) is 0 Å². The lowest BCUT2D eigenvalue weighted by atomic mass is 10.0. The quantitative estimate of drug-likeness (QED) is 0.414. The maximum Gasteiger partial charge on any atom is 0.169 e. The van der Waals surface area contributed by atoms with Crippen LogP contribution < -0.4 is 4.74 Å². The number of rotatable bonds is 6. The summed E-state index contributed by atoms with van der Waals surface area (Å²) in [5.74, 6) is 0.740. The number of piperidine rings is 1. The SMILES string of the molecule is CN1CCC(Oc2cccc(C(=O)Cc3cc4cc(-c5nncs5)ccc4nn3)c2)CC1. The second-order valence-electron chi connectivity index (χ2n) is 8.10. The Kier molecular flexibility index (Phi) is 5.87. The Bertz CT molecular complexity index is 1240. The molecular formula is C24H23N5O2S. The number of ether oxygens (including phenoxy) is 1. The second kappa shape index (κ2) is 9.10. The Morgan fingerprint density at radius 2 is 1.97 bits per heavy atom. The summed E-state index contributed by atoms with van der Waals surface area (Å²) in [5, 5.41) is 18.3. The van der Waals surface area contributed by atoms with Crippen molar-refractivity contribution in [3.63, 3.8) is 0 Å². The third kappa shape index (κ3) is 4.66. The van der Waals surface area contributed by atoms with Gasteiger partial charge in [0, 0.05) is 29.6 Å². The highest BCUT2D eigenvalue weighted by molar-refractivity contribution is 7.12. The first-order valence-electron chi connectivity index (χ1n) is 10.7. The van der Waals surface area contributed by atoms with E-state index in [1.165, 1.54) is 11.3 Å². The van der Waals surface area contributed by atoms with Gasteiger partial charge in [0.25, 0.3) is 0 Å². The van der Waals surface area contributed by atoms with Crippen molar-refractivity contribution in [2.24, 2.45) is 0 Å². The molecule has 7 nitrogen and oxygen atoms in total. The van der Waals surface area contributed by atoms with Crippen molar-refractivity contribution >= 4 is 28.0 Å². The summed E-state index contributed by atoms with van der Waals surface area (Å²) in [7, 11) is 2.13. The third-order valence-electron chi connectivity index (χ3n) is 5.71. The first kappa shape index (κ1) is 20.7. The molecule has 3 heterocycles. The fraction of sp³-hybridized carbons (Fsp3) is 0.292. The highest BCUT2D eigenvalue weighted by atomic mass is 32.1. The van der Waals surface area contributed by atoms with Crippen molar-refractivity contribution in [3.8, 4) is 16.3 Å². The van der Waals surface area contributed by atoms with E-state index in [4.69, 9.17) is 4.74 Å². The molecule has 4 aromatic rings. The minimum absolute atomic E-state index is 0.00671. The predicted octanol–water partition coefficient (Wildman–Crippen LogP) is 4.05. The zero-order valence-electron chi connectivity index (χ0n) is 17.8. The minimum Gasteiger partial charge on any atom is -0.490 e. The van der Waals surface area contributed by atoms with Gasteiger partial charge in [-0.25, -0.2) is 0 Å². The molecule has 0 N–H and O–H groups in total. The normalized spacial score (nSPS) is 15.2. The molecule has 0 atom stereocenters. The molecule has 1 aliphatic rings. The largest absolute Gasteiger partial charge is 0.490 e. The topological polar surface area (TPSA) is 81.1 Å². The number of ketones is 1. The van der Waals surface area contributed by atoms with E-state index in [9.17, 15) is 4.79 Å². The van der Waals surface area contributed by atoms with E-state index in [0.29, 0.717) is 11.3 Å². The van der Waals surface area contributed by atoms with Crippen LogP contribution >= 0.6 is 11.3 Å². The summed E-state index contributed by atoms with van der Waals surface area (Å²) in [5.41, 5.74) is 4.73. The van der Waals surface area contributed by atoms with Crippen molar-refractivity contribution in [2.45, 2.75) is 25.4 Å². The summed E-state index contributed by atoms with van der Waals surface area (Å²) < 4.78 is 6.13. The van der Waals surface area contributed by atoms with Gasteiger partial charge in [-0.3, -0.25) is 4.79 Å². The van der Waals surface area contributed by atoms with Gasteiger partial charge in [0.15, 0.2) is 5.78 Å². The number of nitrogens with zero attached hydrogens (tertiary/aromatic N) is 5. The summed E-state index contributed by atoms with van der Waals surface area (Å²) >= 11 is 1.48. The third-order valence-corrected chi connectivity index (χ3v) is 6.45. The number of likely N-dealkylation sites (tertiary alicyclic amines) is 1. The van der Waals surface area contributed by atoms with Crippen molar-refractivity contribution in [1.82, 2.24) is 25.3 Å². The average Bonchev–Trinajstić information content (AvgIpc) is 3.35. The Balaban J connectivity index is 1.31. The van der Waals surface area contributed by atoms with E-state index in [-0.39, 0.29) is 18.3 Å². The van der Waals surface area contributed by atoms with E-state index in [1.807, 2.05) is 48.5 Å². The molecule has 0 radical (unpaired) electrons. The van der Waals surface area contributed by atoms with E-state index in [1.54, 1.807) is 5.51 Å². The summed E-state index contributed by atoms with van der Waals surface area (Å²) in [6, 6.07) is 15.2. The zero-order valence-corrected chi connectivity index (χ0v) is 18.6. The van der Waals surface area contributed by atoms with E-state index in [2.05, 4.69) is 32.3 Å². The van der Waals surface area contributed by atoms with Crippen LogP contribution in [0.15, 0.2) is 54.0 Å². The maximum atomic E-state index is 12.9. The van der Waals surface area contributed by atoms with Gasteiger partial charge in [0.1, 0.15) is 22.4 Å². The van der Waals surface area contributed by atoms with Crippen LogP contribution in [0.2, 0.25) is 0 Å². The molecule has 2 aromatic heterocycles. The zero-order chi connectivity index (χ0) is 21.9. The lowest BCUT2D eigenvalue weighted by molar-refractivity contribution is 0.0987. The molecule has 32 heavy (non-hydrogen) atoms. The Morgan fingerprint density at radius 3 is 2.78 bits per heavy atom. The number of hydrogen-bond donors (Lipinski definition) is 0. The minimum atomic E-state index is -0.00671. The molecule has 0 aliphatic carbocycles. The number of fused-ring (bicyclic) bond motifs is 1. The lowest BCUT2D eigenvalue weighted by Crippen LogP contribution is -2.35. The van der Waals surface area contributed by atoms with Gasteiger partial charge in [0.05, 0.1) is 17.6 Å². The Morgan fingerprint density at radius 1 is 1.09 bits per heavy atom. The summed E-state index contributed by atoms with van der Waals surface area (Å²) in [6.07, 6.45) is 2.38. The molecule has 0 amide bonds. The molecule has 1 fully saturated rings. The van der Waals surface area contributed by atoms with Crippen molar-refractivity contribution < 1.29 is 9.53 Å². The van der Waals surface area contributed by atoms with Crippen LogP contribution in [0.3, 0.4) is 0 Å². The molecule has 0 saturated carbocycles. The van der Waals surface area contributed by atoms with Gasteiger partial charge < -0.3 is 9.64 Å². The van der Waals surface area contributed by atoms with Gasteiger partial charge in [-0.2, -0.15) is 10.2 Å². The number of aromatic nitrogens is 4. The first-order valence-corrected chi connectivity index (χ1v) is 11.5. The maximum absolute atomic E-state index is 12.9. The van der Waals surface area contributed by atoms with Crippen molar-refractivity contribution in [2.75, 3.05) is 20.1 Å². The van der Waals surface area contributed by atoms with Crippen LogP contribution in [-0.2, 0) is 6.42 Å². The van der Waals surface area contributed by atoms with Crippen LogP contribution in [0.1, 0.15) is 28.9 Å². The highest BCUT2D eigenvalue weighted by Crippen LogP contribution is 2.25. The van der Waals surface area contributed by atoms with E-state index >= 15 is 0 Å². The van der Waals surface area contributed by atoms with Gasteiger partial charge in [0.2, 0.25) is 0 Å². The summed E-state index contributed by atoms with van der Waals surface area (Å²) in [6.45, 7) is 2.06. The van der Waals surface area contributed by atoms with Gasteiger partial charge in [-0.05, 0) is 56.3 Å². The lowest BCUT2D eigenvalue weighted by Gasteiger charge is -2.29. The predicted molar refractivity (Wildman–Crippen MR) is 124 cm³/mol. The first-order chi connectivity index (χ1) is 15.6. The number of benzene rings is 2. The van der Waals surface area contributed by atoms with Crippen molar-refractivity contribution in [1.29, 1.82) is 0 Å². The number of carbonyl (C=O) groups is 1. The monoisotopic (exact) mass is 445 g/mol. The molecule has 2 aromatic carbocycles. The van der Waals surface area contributed by atoms with Crippen LogP contribution in [0, 0.1) is 0 Å². The number of Topliss-reactive ketones (excluding diaryl/α,β-unsaturated/α-hetero) is 1. The number of carbonyl (C=O) groups excluding carboxylic acids is 1. The van der Waals surface area contributed by atoms with Gasteiger partial charge >= 0.3 is 0 Å². The van der Waals surface area contributed by atoms with E-state index in [0.717, 1.165) is 53.2 Å². The number of hydrogen-bond acceptors (Lipinski definition) is 8. The standard InChI is InChI=1S/C24H23N5O2S/c1-29-9-7-20(8-10-29)31-21-4-2-3-16(13-21)23(30)14-19-12-18-11-17(24-28-25-15-32-24)5-6-22(18)27-26-19/h2-6,11-13,15,20H,7-10,14H2,1H3. The molecule has 1 saturated heterocycles. The van der Waals surface area contributed by atoms with Crippen LogP contribution in [0.25, 0.3) is 21.5 Å². The second-order valence-corrected chi connectivity index (χ2v) is 8.93. The fourth-order valence-corrected chi connectivity index (χ4v) is 4.46. The highest BCUT2D eigenvalue weighted by Gasteiger charge is 2.18. The molecule has 0 bridgehead atoms. The summed E-state index contributed by atoms with van der Waals surface area (Å²) in [4.78, 5) is 15.3. The van der Waals surface area contributed by atoms with Crippen LogP contribution in [0.5, 0.6) is 5.75 Å². The van der Waals surface area contributed by atoms with Crippen LogP contribution in [-0.4, -0.2) is 57.3 Å². The smallest absolute Gasteiger partial charge is 0.169 e. The molecular weight excluding hydrogens is 422 g/mol. The molecule has 0 unspecified atom stereocenters. The molecule has 5 rings (SSSR count). The van der Waals surface area contributed by atoms with Gasteiger partial charge in [-0.15, -0.1) is 10.2 Å². The Hall–Kier alpha value is -3.23. The van der Waals surface area contributed by atoms with Gasteiger partial charge in [-0.1, -0.05) is 23.5 Å². The molecule has 1 aliphatic heterocycles. The molecule has 8 heteroatoms. The fourth-order valence-electron chi connectivity index (χ4n) is 3.91. The van der Waals surface area contributed by atoms with E-state index < -0.39 is 0 Å². The molecule has 0 spiro atoms.